The second kappa shape index (κ2) is 4.45. The molecule has 1 rings (SSSR count). The summed E-state index contributed by atoms with van der Waals surface area (Å²) in [6.45, 7) is 5.73. The Morgan fingerprint density at radius 1 is 1.46 bits per heavy atom. The average molecular weight is 175 g/mol. The molecule has 1 aromatic heterocycles. The van der Waals surface area contributed by atoms with Gasteiger partial charge in [0.15, 0.2) is 0 Å². The molecule has 0 aliphatic rings. The van der Waals surface area contributed by atoms with Crippen LogP contribution in [0.5, 0.6) is 0 Å². The van der Waals surface area contributed by atoms with Crippen LogP contribution in [-0.4, -0.2) is 12.1 Å². The van der Waals surface area contributed by atoms with Gasteiger partial charge in [-0.1, -0.05) is 6.58 Å². The summed E-state index contributed by atoms with van der Waals surface area (Å²) in [7, 11) is 1.64. The third kappa shape index (κ3) is 2.75. The molecule has 0 N–H and O–H groups in total. The van der Waals surface area contributed by atoms with Crippen molar-refractivity contribution in [1.29, 1.82) is 0 Å². The van der Waals surface area contributed by atoms with Crippen molar-refractivity contribution < 1.29 is 4.74 Å². The van der Waals surface area contributed by atoms with Crippen molar-refractivity contribution in [3.8, 4) is 0 Å². The van der Waals surface area contributed by atoms with E-state index in [1.165, 1.54) is 0 Å². The van der Waals surface area contributed by atoms with Crippen LogP contribution in [0.3, 0.4) is 0 Å². The average Bonchev–Trinajstić information content (AvgIpc) is 2.15. The molecule has 0 aromatic carbocycles. The first-order valence-electron chi connectivity index (χ1n) is 4.05. The quantitative estimate of drug-likeness (QED) is 0.520. The van der Waals surface area contributed by atoms with Crippen LogP contribution in [0, 0.1) is 0 Å². The maximum Gasteiger partial charge on any atom is 0.121 e. The number of rotatable bonds is 3. The number of methoxy groups -OCH3 is 1. The monoisotopic (exact) mass is 175 g/mol. The van der Waals surface area contributed by atoms with E-state index in [-0.39, 0.29) is 0 Å². The molecule has 0 aliphatic heterocycles. The lowest BCUT2D eigenvalue weighted by Crippen LogP contribution is -1.87. The third-order valence-corrected chi connectivity index (χ3v) is 1.64. The second-order valence-electron chi connectivity index (χ2n) is 2.77. The van der Waals surface area contributed by atoms with Gasteiger partial charge in [0.2, 0.25) is 0 Å². The van der Waals surface area contributed by atoms with Crippen LogP contribution in [0.2, 0.25) is 0 Å². The van der Waals surface area contributed by atoms with Gasteiger partial charge in [-0.05, 0) is 36.3 Å². The molecular formula is C11H13NO. The molecule has 0 unspecified atom stereocenters. The van der Waals surface area contributed by atoms with Gasteiger partial charge in [0.25, 0.3) is 0 Å². The van der Waals surface area contributed by atoms with Crippen LogP contribution in [0.25, 0.3) is 6.08 Å². The minimum atomic E-state index is 0.797. The lowest BCUT2D eigenvalue weighted by Gasteiger charge is -2.04. The fraction of sp³-hybridized carbons (Fsp3) is 0.182. The molecule has 13 heavy (non-hydrogen) atoms. The van der Waals surface area contributed by atoms with E-state index < -0.39 is 0 Å². The molecular weight excluding hydrogens is 162 g/mol. The van der Waals surface area contributed by atoms with Crippen LogP contribution in [0.15, 0.2) is 42.4 Å². The molecule has 0 spiro atoms. The zero-order chi connectivity index (χ0) is 9.68. The summed E-state index contributed by atoms with van der Waals surface area (Å²) in [6, 6.07) is 3.84. The number of pyridine rings is 1. The Morgan fingerprint density at radius 2 is 2.08 bits per heavy atom. The summed E-state index contributed by atoms with van der Waals surface area (Å²) < 4.78 is 5.16. The van der Waals surface area contributed by atoms with Gasteiger partial charge in [0.1, 0.15) is 5.76 Å². The lowest BCUT2D eigenvalue weighted by atomic mass is 10.2. The highest BCUT2D eigenvalue weighted by atomic mass is 16.5. The molecule has 0 saturated carbocycles. The summed E-state index contributed by atoms with van der Waals surface area (Å²) in [6.07, 6.45) is 5.43. The van der Waals surface area contributed by atoms with Crippen LogP contribution in [0.4, 0.5) is 0 Å². The largest absolute Gasteiger partial charge is 0.496 e. The van der Waals surface area contributed by atoms with Gasteiger partial charge in [0.05, 0.1) is 7.11 Å². The number of allylic oxidation sites excluding steroid dienone is 1. The minimum absolute atomic E-state index is 0.797. The van der Waals surface area contributed by atoms with Crippen molar-refractivity contribution in [1.82, 2.24) is 4.98 Å². The van der Waals surface area contributed by atoms with E-state index in [1.54, 1.807) is 19.5 Å². The van der Waals surface area contributed by atoms with Crippen molar-refractivity contribution >= 4 is 6.08 Å². The number of ether oxygens (including phenoxy) is 1. The summed E-state index contributed by atoms with van der Waals surface area (Å²) in [5.41, 5.74) is 1.98. The molecule has 2 nitrogen and oxygen atoms in total. The van der Waals surface area contributed by atoms with Crippen LogP contribution < -0.4 is 0 Å². The van der Waals surface area contributed by atoms with Crippen molar-refractivity contribution in [3.05, 3.63) is 48.0 Å². The molecule has 0 radical (unpaired) electrons. The van der Waals surface area contributed by atoms with Crippen molar-refractivity contribution in [2.75, 3.05) is 7.11 Å². The maximum absolute atomic E-state index is 5.16. The standard InChI is InChI=1S/C11H13NO/c1-9(2)11(13-3)8-10-4-6-12-7-5-10/h4-8H,1H2,2-3H3/b11-8-. The van der Waals surface area contributed by atoms with Crippen LogP contribution >= 0.6 is 0 Å². The summed E-state index contributed by atoms with van der Waals surface area (Å²) in [5.74, 6) is 0.797. The van der Waals surface area contributed by atoms with E-state index in [1.807, 2.05) is 25.1 Å². The number of hydrogen-bond acceptors (Lipinski definition) is 2. The highest BCUT2D eigenvalue weighted by Crippen LogP contribution is 2.12. The molecule has 0 atom stereocenters. The van der Waals surface area contributed by atoms with Crippen molar-refractivity contribution in [3.63, 3.8) is 0 Å². The van der Waals surface area contributed by atoms with Crippen molar-refractivity contribution in [2.24, 2.45) is 0 Å². The topological polar surface area (TPSA) is 22.1 Å². The fourth-order valence-electron chi connectivity index (χ4n) is 0.967. The Kier molecular flexibility index (Phi) is 3.26. The van der Waals surface area contributed by atoms with Gasteiger partial charge < -0.3 is 4.74 Å². The predicted molar refractivity (Wildman–Crippen MR) is 54.0 cm³/mol. The third-order valence-electron chi connectivity index (χ3n) is 1.64. The van der Waals surface area contributed by atoms with E-state index >= 15 is 0 Å². The summed E-state index contributed by atoms with van der Waals surface area (Å²) in [4.78, 5) is 3.93. The number of nitrogens with zero attached hydrogens (tertiary/aromatic N) is 1. The first kappa shape index (κ1) is 9.52. The molecule has 0 saturated heterocycles. The first-order valence-corrected chi connectivity index (χ1v) is 4.05. The summed E-state index contributed by atoms with van der Waals surface area (Å²) >= 11 is 0. The normalized spacial score (nSPS) is 11.1. The maximum atomic E-state index is 5.16. The van der Waals surface area contributed by atoms with Gasteiger partial charge in [-0.15, -0.1) is 0 Å². The Morgan fingerprint density at radius 3 is 2.54 bits per heavy atom. The van der Waals surface area contributed by atoms with Gasteiger partial charge in [-0.3, -0.25) is 4.98 Å². The zero-order valence-corrected chi connectivity index (χ0v) is 7.95. The van der Waals surface area contributed by atoms with E-state index in [0.29, 0.717) is 0 Å². The van der Waals surface area contributed by atoms with E-state index in [2.05, 4.69) is 11.6 Å². The smallest absolute Gasteiger partial charge is 0.121 e. The Hall–Kier alpha value is -1.57. The van der Waals surface area contributed by atoms with E-state index in [4.69, 9.17) is 4.74 Å². The van der Waals surface area contributed by atoms with Crippen LogP contribution in [0.1, 0.15) is 12.5 Å². The molecule has 0 aliphatic carbocycles. The highest BCUT2D eigenvalue weighted by molar-refractivity contribution is 5.54. The Balaban J connectivity index is 2.92. The number of hydrogen-bond donors (Lipinski definition) is 0. The first-order chi connectivity index (χ1) is 6.24. The molecule has 0 fully saturated rings. The lowest BCUT2D eigenvalue weighted by molar-refractivity contribution is 0.305. The molecule has 2 heteroatoms. The van der Waals surface area contributed by atoms with Crippen molar-refractivity contribution in [2.45, 2.75) is 6.92 Å². The van der Waals surface area contributed by atoms with Gasteiger partial charge in [-0.25, -0.2) is 0 Å². The van der Waals surface area contributed by atoms with Gasteiger partial charge in [-0.2, -0.15) is 0 Å². The summed E-state index contributed by atoms with van der Waals surface area (Å²) in [5, 5.41) is 0. The molecule has 68 valence electrons. The fourth-order valence-corrected chi connectivity index (χ4v) is 0.967. The van der Waals surface area contributed by atoms with E-state index in [9.17, 15) is 0 Å². The molecule has 0 amide bonds. The molecule has 0 bridgehead atoms. The molecule has 1 aromatic rings. The minimum Gasteiger partial charge on any atom is -0.496 e. The Labute approximate surface area is 78.6 Å². The van der Waals surface area contributed by atoms with E-state index in [0.717, 1.165) is 16.9 Å². The zero-order valence-electron chi connectivity index (χ0n) is 7.95. The van der Waals surface area contributed by atoms with Gasteiger partial charge >= 0.3 is 0 Å². The highest BCUT2D eigenvalue weighted by Gasteiger charge is 1.96. The Bertz CT molecular complexity index is 314. The number of aromatic nitrogens is 1. The van der Waals surface area contributed by atoms with Gasteiger partial charge in [0, 0.05) is 12.4 Å². The SMILES string of the molecule is C=C(C)/C(=C/c1ccncc1)OC. The van der Waals surface area contributed by atoms with Crippen LogP contribution in [-0.2, 0) is 4.74 Å². The predicted octanol–water partition coefficient (Wildman–Crippen LogP) is 2.65. The second-order valence-corrected chi connectivity index (χ2v) is 2.77. The molecule has 1 heterocycles.